The van der Waals surface area contributed by atoms with Gasteiger partial charge in [-0.15, -0.1) is 11.3 Å². The lowest BCUT2D eigenvalue weighted by atomic mass is 10.2. The Balaban J connectivity index is 1.89. The summed E-state index contributed by atoms with van der Waals surface area (Å²) in [5.41, 5.74) is 2.15. The Bertz CT molecular complexity index is 491. The predicted octanol–water partition coefficient (Wildman–Crippen LogP) is 4.05. The van der Waals surface area contributed by atoms with Crippen molar-refractivity contribution >= 4 is 34.5 Å². The van der Waals surface area contributed by atoms with Crippen molar-refractivity contribution in [1.29, 1.82) is 0 Å². The van der Waals surface area contributed by atoms with Gasteiger partial charge >= 0.3 is 0 Å². The number of thiazole rings is 1. The highest BCUT2D eigenvalue weighted by molar-refractivity contribution is 7.09. The second kappa shape index (κ2) is 5.83. The van der Waals surface area contributed by atoms with Crippen molar-refractivity contribution in [3.63, 3.8) is 0 Å². The minimum atomic E-state index is 0.666. The predicted molar refractivity (Wildman–Crippen MR) is 73.9 cm³/mol. The molecule has 0 spiro atoms. The van der Waals surface area contributed by atoms with E-state index in [9.17, 15) is 0 Å². The van der Waals surface area contributed by atoms with Crippen molar-refractivity contribution in [2.75, 3.05) is 0 Å². The number of nitrogens with one attached hydrogen (secondary N) is 1. The normalized spacial score (nSPS) is 10.8. The highest BCUT2D eigenvalue weighted by Crippen LogP contribution is 2.19. The second-order valence-electron chi connectivity index (χ2n) is 3.76. The van der Waals surface area contributed by atoms with Crippen LogP contribution in [0.1, 0.15) is 16.3 Å². The number of hydrogen-bond donors (Lipinski definition) is 1. The summed E-state index contributed by atoms with van der Waals surface area (Å²) >= 11 is 13.5. The van der Waals surface area contributed by atoms with Crippen LogP contribution >= 0.6 is 34.5 Å². The van der Waals surface area contributed by atoms with E-state index < -0.39 is 0 Å². The van der Waals surface area contributed by atoms with Crippen LogP contribution in [0.3, 0.4) is 0 Å². The lowest BCUT2D eigenvalue weighted by Crippen LogP contribution is -2.12. The van der Waals surface area contributed by atoms with Gasteiger partial charge < -0.3 is 5.32 Å². The van der Waals surface area contributed by atoms with Gasteiger partial charge in [0.15, 0.2) is 0 Å². The molecule has 17 heavy (non-hydrogen) atoms. The van der Waals surface area contributed by atoms with Gasteiger partial charge in [0, 0.05) is 34.2 Å². The summed E-state index contributed by atoms with van der Waals surface area (Å²) in [6, 6.07) is 5.55. The SMILES string of the molecule is Cc1csc(CNCc2cc(Cl)cc(Cl)c2)n1. The number of benzene rings is 1. The first-order valence-corrected chi connectivity index (χ1v) is 6.84. The fourth-order valence-corrected chi connectivity index (χ4v) is 2.82. The van der Waals surface area contributed by atoms with Gasteiger partial charge in [-0.3, -0.25) is 0 Å². The van der Waals surface area contributed by atoms with E-state index >= 15 is 0 Å². The molecule has 0 aliphatic carbocycles. The quantitative estimate of drug-likeness (QED) is 0.917. The molecule has 0 fully saturated rings. The Morgan fingerprint density at radius 2 is 1.88 bits per heavy atom. The smallest absolute Gasteiger partial charge is 0.107 e. The maximum absolute atomic E-state index is 5.93. The molecule has 90 valence electrons. The monoisotopic (exact) mass is 286 g/mol. The minimum Gasteiger partial charge on any atom is -0.306 e. The number of hydrogen-bond acceptors (Lipinski definition) is 3. The fourth-order valence-electron chi connectivity index (χ4n) is 1.51. The molecule has 2 aromatic rings. The molecule has 1 aromatic carbocycles. The Morgan fingerprint density at radius 3 is 2.47 bits per heavy atom. The third kappa shape index (κ3) is 3.96. The van der Waals surface area contributed by atoms with Crippen LogP contribution in [0.5, 0.6) is 0 Å². The third-order valence-electron chi connectivity index (χ3n) is 2.19. The van der Waals surface area contributed by atoms with E-state index in [0.29, 0.717) is 10.0 Å². The maximum atomic E-state index is 5.93. The number of rotatable bonds is 4. The van der Waals surface area contributed by atoms with Crippen LogP contribution < -0.4 is 5.32 Å². The Kier molecular flexibility index (Phi) is 4.40. The summed E-state index contributed by atoms with van der Waals surface area (Å²) < 4.78 is 0. The molecule has 5 heteroatoms. The largest absolute Gasteiger partial charge is 0.306 e. The standard InChI is InChI=1S/C12H12Cl2N2S/c1-8-7-17-12(16-8)6-15-5-9-2-10(13)4-11(14)3-9/h2-4,7,15H,5-6H2,1H3. The molecule has 1 N–H and O–H groups in total. The van der Waals surface area contributed by atoms with Crippen LogP contribution in [0.4, 0.5) is 0 Å². The molecule has 0 bridgehead atoms. The molecule has 1 aromatic heterocycles. The van der Waals surface area contributed by atoms with Gasteiger partial charge in [0.1, 0.15) is 5.01 Å². The number of nitrogens with zero attached hydrogens (tertiary/aromatic N) is 1. The van der Waals surface area contributed by atoms with Gasteiger partial charge in [-0.1, -0.05) is 23.2 Å². The van der Waals surface area contributed by atoms with E-state index in [2.05, 4.69) is 10.3 Å². The van der Waals surface area contributed by atoms with Gasteiger partial charge in [0.2, 0.25) is 0 Å². The fraction of sp³-hybridized carbons (Fsp3) is 0.250. The summed E-state index contributed by atoms with van der Waals surface area (Å²) in [6.45, 7) is 3.50. The summed E-state index contributed by atoms with van der Waals surface area (Å²) in [6.07, 6.45) is 0. The van der Waals surface area contributed by atoms with Crippen molar-refractivity contribution in [1.82, 2.24) is 10.3 Å². The first-order valence-electron chi connectivity index (χ1n) is 5.20. The molecule has 0 atom stereocenters. The molecular formula is C12H12Cl2N2S. The average Bonchev–Trinajstić information content (AvgIpc) is 2.63. The summed E-state index contributed by atoms with van der Waals surface area (Å²) in [5, 5.41) is 7.79. The van der Waals surface area contributed by atoms with Crippen LogP contribution in [0.2, 0.25) is 10.0 Å². The van der Waals surface area contributed by atoms with Crippen molar-refractivity contribution in [3.05, 3.63) is 49.9 Å². The van der Waals surface area contributed by atoms with Gasteiger partial charge in [-0.05, 0) is 30.7 Å². The highest BCUT2D eigenvalue weighted by Gasteiger charge is 2.00. The van der Waals surface area contributed by atoms with Crippen LogP contribution in [0.15, 0.2) is 23.6 Å². The second-order valence-corrected chi connectivity index (χ2v) is 5.58. The molecule has 0 radical (unpaired) electrons. The molecule has 1 heterocycles. The zero-order valence-electron chi connectivity index (χ0n) is 9.34. The lowest BCUT2D eigenvalue weighted by molar-refractivity contribution is 0.689. The van der Waals surface area contributed by atoms with Crippen LogP contribution in [0, 0.1) is 6.92 Å². The average molecular weight is 287 g/mol. The van der Waals surface area contributed by atoms with Crippen LogP contribution in [-0.2, 0) is 13.1 Å². The molecule has 0 saturated heterocycles. The molecule has 2 nitrogen and oxygen atoms in total. The molecule has 0 unspecified atom stereocenters. The zero-order valence-corrected chi connectivity index (χ0v) is 11.7. The molecule has 0 aliphatic rings. The van der Waals surface area contributed by atoms with Gasteiger partial charge in [0.05, 0.1) is 0 Å². The third-order valence-corrected chi connectivity index (χ3v) is 3.60. The first-order chi connectivity index (χ1) is 8.13. The summed E-state index contributed by atoms with van der Waals surface area (Å²) in [4.78, 5) is 4.38. The van der Waals surface area contributed by atoms with Crippen molar-refractivity contribution < 1.29 is 0 Å². The maximum Gasteiger partial charge on any atom is 0.107 e. The Morgan fingerprint density at radius 1 is 1.18 bits per heavy atom. The van der Waals surface area contributed by atoms with Gasteiger partial charge in [-0.25, -0.2) is 4.98 Å². The van der Waals surface area contributed by atoms with E-state index in [0.717, 1.165) is 29.4 Å². The first kappa shape index (κ1) is 12.8. The van der Waals surface area contributed by atoms with E-state index in [4.69, 9.17) is 23.2 Å². The van der Waals surface area contributed by atoms with Crippen molar-refractivity contribution in [3.8, 4) is 0 Å². The number of aryl methyl sites for hydroxylation is 1. The Hall–Kier alpha value is -0.610. The minimum absolute atomic E-state index is 0.666. The highest BCUT2D eigenvalue weighted by atomic mass is 35.5. The van der Waals surface area contributed by atoms with E-state index in [-0.39, 0.29) is 0 Å². The lowest BCUT2D eigenvalue weighted by Gasteiger charge is -2.04. The Labute approximate surface area is 115 Å². The summed E-state index contributed by atoms with van der Waals surface area (Å²) in [5.74, 6) is 0. The molecule has 0 saturated carbocycles. The number of halogens is 2. The molecule has 0 aliphatic heterocycles. The van der Waals surface area contributed by atoms with E-state index in [1.165, 1.54) is 0 Å². The van der Waals surface area contributed by atoms with Gasteiger partial charge in [-0.2, -0.15) is 0 Å². The van der Waals surface area contributed by atoms with E-state index in [1.807, 2.05) is 24.4 Å². The van der Waals surface area contributed by atoms with E-state index in [1.54, 1.807) is 17.4 Å². The van der Waals surface area contributed by atoms with Crippen LogP contribution in [-0.4, -0.2) is 4.98 Å². The molecule has 0 amide bonds. The summed E-state index contributed by atoms with van der Waals surface area (Å²) in [7, 11) is 0. The van der Waals surface area contributed by atoms with Gasteiger partial charge in [0.25, 0.3) is 0 Å². The van der Waals surface area contributed by atoms with Crippen molar-refractivity contribution in [2.45, 2.75) is 20.0 Å². The number of aromatic nitrogens is 1. The molecular weight excluding hydrogens is 275 g/mol. The molecule has 2 rings (SSSR count). The zero-order chi connectivity index (χ0) is 12.3. The van der Waals surface area contributed by atoms with Crippen LogP contribution in [0.25, 0.3) is 0 Å². The topological polar surface area (TPSA) is 24.9 Å². The van der Waals surface area contributed by atoms with Crippen molar-refractivity contribution in [2.24, 2.45) is 0 Å².